The van der Waals surface area contributed by atoms with Gasteiger partial charge in [-0.15, -0.1) is 11.3 Å². The van der Waals surface area contributed by atoms with Gasteiger partial charge in [-0.3, -0.25) is 4.90 Å². The summed E-state index contributed by atoms with van der Waals surface area (Å²) in [6.45, 7) is 2.58. The molecule has 1 aliphatic heterocycles. The molecule has 0 fully saturated rings. The third kappa shape index (κ3) is 2.81. The summed E-state index contributed by atoms with van der Waals surface area (Å²) in [6.07, 6.45) is 1.11. The Balaban J connectivity index is 1.89. The molecule has 1 aromatic heterocycles. The first-order valence-electron chi connectivity index (χ1n) is 6.63. The van der Waals surface area contributed by atoms with Crippen LogP contribution < -0.4 is 5.73 Å². The van der Waals surface area contributed by atoms with Crippen molar-refractivity contribution in [3.8, 4) is 0 Å². The van der Waals surface area contributed by atoms with Crippen LogP contribution in [0.25, 0.3) is 0 Å². The van der Waals surface area contributed by atoms with Crippen molar-refractivity contribution in [1.82, 2.24) is 4.90 Å². The summed E-state index contributed by atoms with van der Waals surface area (Å²) in [4.78, 5) is 3.94. The van der Waals surface area contributed by atoms with Gasteiger partial charge < -0.3 is 5.73 Å². The van der Waals surface area contributed by atoms with Crippen LogP contribution in [0.5, 0.6) is 0 Å². The smallest absolute Gasteiger partial charge is 0.0489 e. The summed E-state index contributed by atoms with van der Waals surface area (Å²) >= 11 is 11.7. The minimum absolute atomic E-state index is 0.174. The van der Waals surface area contributed by atoms with E-state index in [0.717, 1.165) is 34.6 Å². The Hall–Kier alpha value is -0.390. The van der Waals surface area contributed by atoms with Crippen molar-refractivity contribution >= 4 is 38.9 Å². The normalized spacial score (nSPS) is 16.9. The van der Waals surface area contributed by atoms with E-state index in [0.29, 0.717) is 6.54 Å². The molecule has 2 heterocycles. The number of benzene rings is 1. The summed E-state index contributed by atoms with van der Waals surface area (Å²) < 4.78 is 1.04. The van der Waals surface area contributed by atoms with Crippen LogP contribution in [0, 0.1) is 0 Å². The first-order chi connectivity index (χ1) is 9.69. The fraction of sp³-hybridized carbons (Fsp3) is 0.333. The van der Waals surface area contributed by atoms with Crippen molar-refractivity contribution in [1.29, 1.82) is 0 Å². The first-order valence-corrected chi connectivity index (χ1v) is 8.68. The highest BCUT2D eigenvalue weighted by Gasteiger charge is 2.25. The second kappa shape index (κ2) is 6.16. The highest BCUT2D eigenvalue weighted by Crippen LogP contribution is 2.34. The summed E-state index contributed by atoms with van der Waals surface area (Å²) in [5.74, 6) is 0. The van der Waals surface area contributed by atoms with E-state index in [1.807, 2.05) is 23.5 Å². The van der Waals surface area contributed by atoms with E-state index in [4.69, 9.17) is 17.3 Å². The molecule has 1 unspecified atom stereocenters. The van der Waals surface area contributed by atoms with Crippen LogP contribution in [0.1, 0.15) is 22.0 Å². The molecule has 0 saturated heterocycles. The van der Waals surface area contributed by atoms with Gasteiger partial charge in [0.15, 0.2) is 0 Å². The molecule has 3 rings (SSSR count). The van der Waals surface area contributed by atoms with E-state index in [9.17, 15) is 0 Å². The number of nitrogens with two attached hydrogens (primary N) is 1. The van der Waals surface area contributed by atoms with Gasteiger partial charge in [-0.25, -0.2) is 0 Å². The molecule has 20 heavy (non-hydrogen) atoms. The molecule has 106 valence electrons. The van der Waals surface area contributed by atoms with Gasteiger partial charge in [0.2, 0.25) is 0 Å². The third-order valence-corrected chi connectivity index (χ3v) is 5.68. The van der Waals surface area contributed by atoms with Gasteiger partial charge in [-0.05, 0) is 47.2 Å². The van der Waals surface area contributed by atoms with Crippen LogP contribution >= 0.6 is 38.9 Å². The molecule has 0 saturated carbocycles. The lowest BCUT2D eigenvalue weighted by atomic mass is 10.0. The van der Waals surface area contributed by atoms with Crippen molar-refractivity contribution in [3.05, 3.63) is 55.1 Å². The number of thiophene rings is 1. The molecule has 0 aliphatic carbocycles. The Morgan fingerprint density at radius 1 is 1.40 bits per heavy atom. The molecule has 2 nitrogen and oxygen atoms in total. The van der Waals surface area contributed by atoms with Gasteiger partial charge in [0, 0.05) is 40.0 Å². The SMILES string of the molecule is NCC(c1cc(Br)ccc1Cl)N1CCc2sccc2C1. The van der Waals surface area contributed by atoms with Gasteiger partial charge in [-0.1, -0.05) is 27.5 Å². The Bertz CT molecular complexity index is 614. The highest BCUT2D eigenvalue weighted by atomic mass is 79.9. The molecule has 1 aromatic carbocycles. The molecule has 5 heteroatoms. The average Bonchev–Trinajstić information content (AvgIpc) is 2.91. The van der Waals surface area contributed by atoms with Crippen LogP contribution in [0.4, 0.5) is 0 Å². The maximum absolute atomic E-state index is 6.37. The lowest BCUT2D eigenvalue weighted by Crippen LogP contribution is -2.37. The largest absolute Gasteiger partial charge is 0.329 e. The fourth-order valence-electron chi connectivity index (χ4n) is 2.78. The molecule has 2 aromatic rings. The molecule has 0 amide bonds. The Morgan fingerprint density at radius 2 is 2.25 bits per heavy atom. The molecule has 0 spiro atoms. The monoisotopic (exact) mass is 370 g/mol. The van der Waals surface area contributed by atoms with Crippen molar-refractivity contribution in [2.24, 2.45) is 5.73 Å². The van der Waals surface area contributed by atoms with Crippen LogP contribution in [0.2, 0.25) is 5.02 Å². The topological polar surface area (TPSA) is 29.3 Å². The second-order valence-electron chi connectivity index (χ2n) is 5.01. The van der Waals surface area contributed by atoms with Gasteiger partial charge >= 0.3 is 0 Å². The highest BCUT2D eigenvalue weighted by molar-refractivity contribution is 9.10. The zero-order chi connectivity index (χ0) is 14.1. The van der Waals surface area contributed by atoms with Crippen molar-refractivity contribution < 1.29 is 0 Å². The van der Waals surface area contributed by atoms with Gasteiger partial charge in [0.1, 0.15) is 0 Å². The zero-order valence-electron chi connectivity index (χ0n) is 11.0. The number of hydrogen-bond donors (Lipinski definition) is 1. The van der Waals surface area contributed by atoms with E-state index in [1.165, 1.54) is 10.4 Å². The predicted molar refractivity (Wildman–Crippen MR) is 89.4 cm³/mol. The van der Waals surface area contributed by atoms with Crippen LogP contribution in [0.3, 0.4) is 0 Å². The summed E-state index contributed by atoms with van der Waals surface area (Å²) in [6, 6.07) is 8.38. The van der Waals surface area contributed by atoms with Gasteiger partial charge in [0.05, 0.1) is 0 Å². The number of fused-ring (bicyclic) bond motifs is 1. The predicted octanol–water partition coefficient (Wildman–Crippen LogP) is 4.22. The Morgan fingerprint density at radius 3 is 3.05 bits per heavy atom. The third-order valence-electron chi connectivity index (χ3n) is 3.82. The molecular formula is C15H16BrClN2S. The van der Waals surface area contributed by atoms with Crippen molar-refractivity contribution in [2.45, 2.75) is 19.0 Å². The number of halogens is 2. The van der Waals surface area contributed by atoms with Crippen LogP contribution in [-0.4, -0.2) is 18.0 Å². The molecule has 2 N–H and O–H groups in total. The second-order valence-corrected chi connectivity index (χ2v) is 7.33. The fourth-order valence-corrected chi connectivity index (χ4v) is 4.29. The van der Waals surface area contributed by atoms with E-state index >= 15 is 0 Å². The number of hydrogen-bond acceptors (Lipinski definition) is 3. The zero-order valence-corrected chi connectivity index (χ0v) is 14.1. The maximum Gasteiger partial charge on any atom is 0.0489 e. The standard InChI is InChI=1S/C15H16BrClN2S/c16-11-1-2-13(17)12(7-11)14(8-18)19-5-3-15-10(9-19)4-6-20-15/h1-2,4,6-7,14H,3,5,8-9,18H2. The van der Waals surface area contributed by atoms with E-state index in [2.05, 4.69) is 38.3 Å². The van der Waals surface area contributed by atoms with Crippen LogP contribution in [0.15, 0.2) is 34.1 Å². The minimum atomic E-state index is 0.174. The lowest BCUT2D eigenvalue weighted by molar-refractivity contribution is 0.185. The van der Waals surface area contributed by atoms with Crippen LogP contribution in [-0.2, 0) is 13.0 Å². The van der Waals surface area contributed by atoms with E-state index in [1.54, 1.807) is 0 Å². The summed E-state index contributed by atoms with van der Waals surface area (Å²) in [5, 5.41) is 2.97. The molecular weight excluding hydrogens is 356 g/mol. The molecule has 0 radical (unpaired) electrons. The van der Waals surface area contributed by atoms with Gasteiger partial charge in [-0.2, -0.15) is 0 Å². The van der Waals surface area contributed by atoms with E-state index < -0.39 is 0 Å². The lowest BCUT2D eigenvalue weighted by Gasteiger charge is -2.34. The maximum atomic E-state index is 6.37. The van der Waals surface area contributed by atoms with Crippen molar-refractivity contribution in [3.63, 3.8) is 0 Å². The quantitative estimate of drug-likeness (QED) is 0.875. The summed E-state index contributed by atoms with van der Waals surface area (Å²) in [7, 11) is 0. The average molecular weight is 372 g/mol. The Labute approximate surface area is 136 Å². The number of nitrogens with zero attached hydrogens (tertiary/aromatic N) is 1. The van der Waals surface area contributed by atoms with E-state index in [-0.39, 0.29) is 6.04 Å². The first kappa shape index (κ1) is 14.5. The van der Waals surface area contributed by atoms with Crippen molar-refractivity contribution in [2.75, 3.05) is 13.1 Å². The summed E-state index contributed by atoms with van der Waals surface area (Å²) in [5.41, 5.74) is 8.59. The minimum Gasteiger partial charge on any atom is -0.329 e. The van der Waals surface area contributed by atoms with Gasteiger partial charge in [0.25, 0.3) is 0 Å². The molecule has 1 atom stereocenters. The number of rotatable bonds is 3. The Kier molecular flexibility index (Phi) is 4.48. The molecule has 0 bridgehead atoms. The molecule has 1 aliphatic rings.